The van der Waals surface area contributed by atoms with Crippen molar-refractivity contribution in [3.8, 4) is 11.8 Å². The molecule has 22 heavy (non-hydrogen) atoms. The van der Waals surface area contributed by atoms with Gasteiger partial charge in [0.1, 0.15) is 0 Å². The van der Waals surface area contributed by atoms with Crippen LogP contribution < -0.4 is 0 Å². The van der Waals surface area contributed by atoms with Gasteiger partial charge >= 0.3 is 0 Å². The first-order valence-corrected chi connectivity index (χ1v) is 7.00. The van der Waals surface area contributed by atoms with Gasteiger partial charge in [0, 0.05) is 29.8 Å². The summed E-state index contributed by atoms with van der Waals surface area (Å²) in [5.74, 6) is 0.00140. The Kier molecular flexibility index (Phi) is 2.98. The minimum absolute atomic E-state index is 0.000700. The number of hydrogen-bond donors (Lipinski definition) is 2. The second kappa shape index (κ2) is 4.62. The minimum Gasteiger partial charge on any atom is -0.494 e. The summed E-state index contributed by atoms with van der Waals surface area (Å²) in [5, 5.41) is 31.6. The highest BCUT2D eigenvalue weighted by Gasteiger charge is 2.58. The van der Waals surface area contributed by atoms with Crippen LogP contribution in [0.1, 0.15) is 30.0 Å². The average molecular weight is 300 g/mol. The average Bonchev–Trinajstić information content (AvgIpc) is 3.14. The van der Waals surface area contributed by atoms with Gasteiger partial charge in [-0.15, -0.1) is 6.58 Å². The number of nitrogens with zero attached hydrogens (tertiary/aromatic N) is 2. The number of hydrogen-bond acceptors (Lipinski definition) is 4. The van der Waals surface area contributed by atoms with Crippen LogP contribution in [0, 0.1) is 10.1 Å². The van der Waals surface area contributed by atoms with Gasteiger partial charge in [-0.1, -0.05) is 25.1 Å². The fourth-order valence-electron chi connectivity index (χ4n) is 3.33. The molecule has 0 saturated heterocycles. The highest BCUT2D eigenvalue weighted by molar-refractivity contribution is 5.76. The van der Waals surface area contributed by atoms with E-state index >= 15 is 0 Å². The number of fused-ring (bicyclic) bond motifs is 1. The second-order valence-corrected chi connectivity index (χ2v) is 5.36. The Labute approximate surface area is 127 Å². The Balaban J connectivity index is 2.12. The number of rotatable bonds is 5. The van der Waals surface area contributed by atoms with Gasteiger partial charge in [0.25, 0.3) is 5.69 Å². The SMILES string of the molecule is C=CCn1c(O)c2c(c1O)C2(CC)c1cccc([N+](=O)[O-])c1. The van der Waals surface area contributed by atoms with Crippen LogP contribution in [-0.4, -0.2) is 19.7 Å². The number of aromatic hydroxyl groups is 2. The van der Waals surface area contributed by atoms with Crippen molar-refractivity contribution in [1.29, 1.82) is 0 Å². The Hall–Kier alpha value is -2.76. The third kappa shape index (κ3) is 1.60. The molecule has 0 fully saturated rings. The van der Waals surface area contributed by atoms with Crippen LogP contribution in [0.3, 0.4) is 0 Å². The standard InChI is InChI=1S/C16H16N2O4/c1-3-8-17-14(19)12-13(15(17)20)16(12,4-2)10-6-5-7-11(9-10)18(21)22/h3,5-7,9,19-20H,1,4,8H2,2H3. The summed E-state index contributed by atoms with van der Waals surface area (Å²) in [6.45, 7) is 5.83. The maximum absolute atomic E-state index is 11.0. The number of benzene rings is 1. The van der Waals surface area contributed by atoms with Gasteiger partial charge in [0.05, 0.1) is 10.3 Å². The van der Waals surface area contributed by atoms with E-state index < -0.39 is 10.3 Å². The van der Waals surface area contributed by atoms with Crippen molar-refractivity contribution < 1.29 is 15.1 Å². The molecule has 2 aromatic rings. The molecule has 3 rings (SSSR count). The predicted octanol–water partition coefficient (Wildman–Crippen LogP) is 3.05. The smallest absolute Gasteiger partial charge is 0.269 e. The Bertz CT molecular complexity index is 764. The van der Waals surface area contributed by atoms with E-state index in [2.05, 4.69) is 6.58 Å². The van der Waals surface area contributed by atoms with Crippen LogP contribution in [-0.2, 0) is 12.0 Å². The van der Waals surface area contributed by atoms with Gasteiger partial charge in [-0.3, -0.25) is 14.7 Å². The van der Waals surface area contributed by atoms with Gasteiger partial charge in [0.15, 0.2) is 11.8 Å². The fraction of sp³-hybridized carbons (Fsp3) is 0.250. The molecule has 0 bridgehead atoms. The van der Waals surface area contributed by atoms with Crippen molar-refractivity contribution in [2.24, 2.45) is 0 Å². The van der Waals surface area contributed by atoms with Crippen molar-refractivity contribution in [1.82, 2.24) is 4.57 Å². The van der Waals surface area contributed by atoms with Crippen LogP contribution in [0.25, 0.3) is 0 Å². The lowest BCUT2D eigenvalue weighted by Gasteiger charge is -2.19. The first kappa shape index (κ1) is 14.2. The maximum Gasteiger partial charge on any atom is 0.269 e. The largest absolute Gasteiger partial charge is 0.494 e. The normalized spacial score (nSPS) is 14.4. The molecule has 0 saturated carbocycles. The molecule has 0 aliphatic heterocycles. The van der Waals surface area contributed by atoms with Gasteiger partial charge in [-0.2, -0.15) is 0 Å². The van der Waals surface area contributed by atoms with Crippen molar-refractivity contribution in [2.75, 3.05) is 0 Å². The topological polar surface area (TPSA) is 88.5 Å². The van der Waals surface area contributed by atoms with E-state index in [0.717, 1.165) is 0 Å². The first-order valence-electron chi connectivity index (χ1n) is 7.00. The van der Waals surface area contributed by atoms with E-state index in [0.29, 0.717) is 29.7 Å². The van der Waals surface area contributed by atoms with Crippen molar-refractivity contribution in [3.63, 3.8) is 0 Å². The summed E-state index contributed by atoms with van der Waals surface area (Å²) in [4.78, 5) is 10.5. The Morgan fingerprint density at radius 1 is 1.36 bits per heavy atom. The maximum atomic E-state index is 11.0. The van der Waals surface area contributed by atoms with E-state index in [9.17, 15) is 20.3 Å². The molecule has 1 aromatic carbocycles. The monoisotopic (exact) mass is 300 g/mol. The summed E-state index contributed by atoms with van der Waals surface area (Å²) in [5.41, 5.74) is 1.38. The lowest BCUT2D eigenvalue weighted by molar-refractivity contribution is -0.384. The van der Waals surface area contributed by atoms with Gasteiger partial charge < -0.3 is 10.2 Å². The van der Waals surface area contributed by atoms with Crippen molar-refractivity contribution in [3.05, 3.63) is 63.7 Å². The molecule has 0 spiro atoms. The number of nitro benzene ring substituents is 1. The highest BCUT2D eigenvalue weighted by Crippen LogP contribution is 2.66. The molecule has 1 aliphatic rings. The number of nitro groups is 1. The summed E-state index contributed by atoms with van der Waals surface area (Å²) >= 11 is 0. The van der Waals surface area contributed by atoms with E-state index in [1.54, 1.807) is 18.2 Å². The molecule has 1 aliphatic carbocycles. The molecule has 1 aromatic heterocycles. The van der Waals surface area contributed by atoms with E-state index in [1.807, 2.05) is 6.92 Å². The third-order valence-corrected chi connectivity index (χ3v) is 4.39. The molecule has 6 nitrogen and oxygen atoms in total. The molecule has 0 amide bonds. The molecule has 1 heterocycles. The van der Waals surface area contributed by atoms with Crippen LogP contribution in [0.5, 0.6) is 11.8 Å². The predicted molar refractivity (Wildman–Crippen MR) is 81.2 cm³/mol. The first-order chi connectivity index (χ1) is 10.5. The van der Waals surface area contributed by atoms with Crippen LogP contribution in [0.4, 0.5) is 5.69 Å². The van der Waals surface area contributed by atoms with Crippen LogP contribution in [0.2, 0.25) is 0 Å². The molecule has 0 unspecified atom stereocenters. The van der Waals surface area contributed by atoms with Crippen molar-refractivity contribution >= 4 is 5.69 Å². The molecular formula is C16H16N2O4. The number of aromatic nitrogens is 1. The summed E-state index contributed by atoms with van der Waals surface area (Å²) < 4.78 is 1.38. The van der Waals surface area contributed by atoms with E-state index in [-0.39, 0.29) is 17.4 Å². The fourth-order valence-corrected chi connectivity index (χ4v) is 3.33. The Morgan fingerprint density at radius 3 is 2.50 bits per heavy atom. The van der Waals surface area contributed by atoms with Crippen LogP contribution in [0.15, 0.2) is 36.9 Å². The minimum atomic E-state index is -0.627. The number of allylic oxidation sites excluding steroid dienone is 1. The molecule has 0 radical (unpaired) electrons. The zero-order valence-electron chi connectivity index (χ0n) is 12.1. The van der Waals surface area contributed by atoms with Gasteiger partial charge in [-0.25, -0.2) is 0 Å². The van der Waals surface area contributed by atoms with Crippen molar-refractivity contribution in [2.45, 2.75) is 25.3 Å². The summed E-state index contributed by atoms with van der Waals surface area (Å²) in [7, 11) is 0. The quantitative estimate of drug-likeness (QED) is 0.504. The molecular weight excluding hydrogens is 284 g/mol. The molecule has 2 N–H and O–H groups in total. The third-order valence-electron chi connectivity index (χ3n) is 4.39. The molecule has 6 heteroatoms. The summed E-state index contributed by atoms with van der Waals surface area (Å²) in [6, 6.07) is 6.33. The second-order valence-electron chi connectivity index (χ2n) is 5.36. The lowest BCUT2D eigenvalue weighted by Crippen LogP contribution is -2.13. The molecule has 0 atom stereocenters. The Morgan fingerprint density at radius 2 is 2.00 bits per heavy atom. The zero-order chi connectivity index (χ0) is 16.1. The van der Waals surface area contributed by atoms with Gasteiger partial charge in [0.2, 0.25) is 0 Å². The van der Waals surface area contributed by atoms with Gasteiger partial charge in [-0.05, 0) is 12.0 Å². The number of non-ortho nitro benzene ring substituents is 1. The highest BCUT2D eigenvalue weighted by atomic mass is 16.6. The van der Waals surface area contributed by atoms with Crippen LogP contribution >= 0.6 is 0 Å². The van der Waals surface area contributed by atoms with E-state index in [4.69, 9.17) is 0 Å². The molecule has 114 valence electrons. The lowest BCUT2D eigenvalue weighted by atomic mass is 9.87. The zero-order valence-corrected chi connectivity index (χ0v) is 12.1. The van der Waals surface area contributed by atoms with E-state index in [1.165, 1.54) is 16.7 Å². The summed E-state index contributed by atoms with van der Waals surface area (Å²) in [6.07, 6.45) is 2.19.